The van der Waals surface area contributed by atoms with Crippen LogP contribution >= 0.6 is 0 Å². The SMILES string of the molecule is CN(Cc1ccccc1)C(=O)Oc1cccn1C. The third-order valence-electron chi connectivity index (χ3n) is 2.66. The van der Waals surface area contributed by atoms with Gasteiger partial charge >= 0.3 is 6.09 Å². The zero-order chi connectivity index (χ0) is 13.0. The maximum Gasteiger partial charge on any atom is 0.416 e. The first-order valence-corrected chi connectivity index (χ1v) is 5.75. The monoisotopic (exact) mass is 244 g/mol. The third kappa shape index (κ3) is 2.91. The molecule has 4 heteroatoms. The van der Waals surface area contributed by atoms with Crippen LogP contribution in [0.3, 0.4) is 0 Å². The molecule has 0 N–H and O–H groups in total. The molecule has 1 aromatic heterocycles. The Balaban J connectivity index is 1.95. The predicted octanol–water partition coefficient (Wildman–Crippen LogP) is 2.66. The zero-order valence-corrected chi connectivity index (χ0v) is 10.5. The van der Waals surface area contributed by atoms with E-state index in [2.05, 4.69) is 0 Å². The molecule has 2 aromatic rings. The molecule has 0 saturated carbocycles. The standard InChI is InChI=1S/C14H16N2O2/c1-15-10-6-9-13(15)18-14(17)16(2)11-12-7-4-3-5-8-12/h3-10H,11H2,1-2H3. The predicted molar refractivity (Wildman–Crippen MR) is 69.3 cm³/mol. The van der Waals surface area contributed by atoms with Crippen LogP contribution in [-0.2, 0) is 13.6 Å². The van der Waals surface area contributed by atoms with Crippen LogP contribution in [0, 0.1) is 0 Å². The van der Waals surface area contributed by atoms with Gasteiger partial charge in [-0.15, -0.1) is 0 Å². The molecule has 0 fully saturated rings. The summed E-state index contributed by atoms with van der Waals surface area (Å²) < 4.78 is 7.03. The van der Waals surface area contributed by atoms with Crippen molar-refractivity contribution >= 4 is 6.09 Å². The molecular weight excluding hydrogens is 228 g/mol. The number of ether oxygens (including phenoxy) is 1. The van der Waals surface area contributed by atoms with Gasteiger partial charge in [-0.25, -0.2) is 4.79 Å². The van der Waals surface area contributed by atoms with Gasteiger partial charge in [0.15, 0.2) is 0 Å². The first kappa shape index (κ1) is 12.2. The Hall–Kier alpha value is -2.23. The van der Waals surface area contributed by atoms with Gasteiger partial charge in [0.2, 0.25) is 5.88 Å². The minimum absolute atomic E-state index is 0.361. The van der Waals surface area contributed by atoms with Crippen LogP contribution in [0.5, 0.6) is 5.88 Å². The maximum absolute atomic E-state index is 11.9. The summed E-state index contributed by atoms with van der Waals surface area (Å²) in [4.78, 5) is 13.4. The summed E-state index contributed by atoms with van der Waals surface area (Å²) in [7, 11) is 3.55. The van der Waals surface area contributed by atoms with Crippen LogP contribution in [-0.4, -0.2) is 22.6 Å². The highest BCUT2D eigenvalue weighted by molar-refractivity contribution is 5.69. The Morgan fingerprint density at radius 1 is 1.22 bits per heavy atom. The first-order chi connectivity index (χ1) is 8.66. The molecule has 0 aliphatic carbocycles. The summed E-state index contributed by atoms with van der Waals surface area (Å²) in [5.41, 5.74) is 1.07. The van der Waals surface area contributed by atoms with E-state index < -0.39 is 0 Å². The van der Waals surface area contributed by atoms with Crippen LogP contribution in [0.25, 0.3) is 0 Å². The van der Waals surface area contributed by atoms with E-state index in [1.54, 1.807) is 22.6 Å². The Kier molecular flexibility index (Phi) is 3.67. The molecule has 0 spiro atoms. The third-order valence-corrected chi connectivity index (χ3v) is 2.66. The van der Waals surface area contributed by atoms with E-state index in [4.69, 9.17) is 4.74 Å². The fourth-order valence-electron chi connectivity index (χ4n) is 1.64. The number of hydrogen-bond donors (Lipinski definition) is 0. The molecule has 0 saturated heterocycles. The number of benzene rings is 1. The quantitative estimate of drug-likeness (QED) is 0.832. The van der Waals surface area contributed by atoms with Crippen molar-refractivity contribution in [2.75, 3.05) is 7.05 Å². The number of nitrogens with zero attached hydrogens (tertiary/aromatic N) is 2. The van der Waals surface area contributed by atoms with Gasteiger partial charge in [0.25, 0.3) is 0 Å². The second-order valence-corrected chi connectivity index (χ2v) is 4.17. The lowest BCUT2D eigenvalue weighted by atomic mass is 10.2. The molecule has 1 heterocycles. The molecule has 94 valence electrons. The van der Waals surface area contributed by atoms with Crippen molar-refractivity contribution in [1.82, 2.24) is 9.47 Å². The summed E-state index contributed by atoms with van der Waals surface area (Å²) in [5, 5.41) is 0. The minimum atomic E-state index is -0.361. The topological polar surface area (TPSA) is 34.5 Å². The lowest BCUT2D eigenvalue weighted by molar-refractivity contribution is 0.157. The summed E-state index contributed by atoms with van der Waals surface area (Å²) >= 11 is 0. The van der Waals surface area contributed by atoms with Crippen molar-refractivity contribution in [1.29, 1.82) is 0 Å². The van der Waals surface area contributed by atoms with E-state index in [0.29, 0.717) is 12.4 Å². The van der Waals surface area contributed by atoms with Crippen LogP contribution in [0.15, 0.2) is 48.7 Å². The molecule has 1 aromatic carbocycles. The Labute approximate surface area is 106 Å². The van der Waals surface area contributed by atoms with E-state index in [0.717, 1.165) is 5.56 Å². The molecule has 1 amide bonds. The summed E-state index contributed by atoms with van der Waals surface area (Å²) in [6, 6.07) is 13.4. The number of hydrogen-bond acceptors (Lipinski definition) is 2. The number of carbonyl (C=O) groups excluding carboxylic acids is 1. The van der Waals surface area contributed by atoms with Crippen molar-refractivity contribution in [2.24, 2.45) is 7.05 Å². The molecule has 4 nitrogen and oxygen atoms in total. The average Bonchev–Trinajstić information content (AvgIpc) is 2.76. The van der Waals surface area contributed by atoms with Gasteiger partial charge in [-0.1, -0.05) is 30.3 Å². The van der Waals surface area contributed by atoms with E-state index >= 15 is 0 Å². The molecule has 0 unspecified atom stereocenters. The molecular formula is C14H16N2O2. The normalized spacial score (nSPS) is 10.1. The molecule has 2 rings (SSSR count). The Morgan fingerprint density at radius 3 is 2.56 bits per heavy atom. The number of amides is 1. The zero-order valence-electron chi connectivity index (χ0n) is 10.5. The van der Waals surface area contributed by atoms with Crippen LogP contribution in [0.2, 0.25) is 0 Å². The molecule has 0 radical (unpaired) electrons. The van der Waals surface area contributed by atoms with Crippen LogP contribution < -0.4 is 4.74 Å². The van der Waals surface area contributed by atoms with Gasteiger partial charge in [0, 0.05) is 32.9 Å². The highest BCUT2D eigenvalue weighted by Gasteiger charge is 2.12. The van der Waals surface area contributed by atoms with Crippen molar-refractivity contribution in [3.63, 3.8) is 0 Å². The van der Waals surface area contributed by atoms with Crippen LogP contribution in [0.4, 0.5) is 4.79 Å². The van der Waals surface area contributed by atoms with Crippen molar-refractivity contribution in [3.05, 3.63) is 54.2 Å². The first-order valence-electron chi connectivity index (χ1n) is 5.75. The lowest BCUT2D eigenvalue weighted by Gasteiger charge is -2.16. The fourth-order valence-corrected chi connectivity index (χ4v) is 1.64. The van der Waals surface area contributed by atoms with Gasteiger partial charge in [0.1, 0.15) is 0 Å². The maximum atomic E-state index is 11.9. The van der Waals surface area contributed by atoms with E-state index in [1.165, 1.54) is 0 Å². The lowest BCUT2D eigenvalue weighted by Crippen LogP contribution is -2.29. The van der Waals surface area contributed by atoms with Gasteiger partial charge < -0.3 is 14.2 Å². The minimum Gasteiger partial charge on any atom is -0.393 e. The Bertz CT molecular complexity index is 520. The van der Waals surface area contributed by atoms with Crippen molar-refractivity contribution in [2.45, 2.75) is 6.54 Å². The second kappa shape index (κ2) is 5.40. The molecule has 0 aliphatic heterocycles. The summed E-state index contributed by atoms with van der Waals surface area (Å²) in [5.74, 6) is 0.542. The molecule has 0 aliphatic rings. The largest absolute Gasteiger partial charge is 0.416 e. The highest BCUT2D eigenvalue weighted by Crippen LogP contribution is 2.11. The van der Waals surface area contributed by atoms with Gasteiger partial charge in [0.05, 0.1) is 0 Å². The van der Waals surface area contributed by atoms with Crippen molar-refractivity contribution < 1.29 is 9.53 Å². The number of aryl methyl sites for hydroxylation is 1. The van der Waals surface area contributed by atoms with Gasteiger partial charge in [-0.05, 0) is 11.6 Å². The van der Waals surface area contributed by atoms with Crippen LogP contribution in [0.1, 0.15) is 5.56 Å². The number of rotatable bonds is 3. The van der Waals surface area contributed by atoms with Crippen molar-refractivity contribution in [3.8, 4) is 5.88 Å². The molecule has 18 heavy (non-hydrogen) atoms. The molecule has 0 atom stereocenters. The molecule has 0 bridgehead atoms. The highest BCUT2D eigenvalue weighted by atomic mass is 16.6. The van der Waals surface area contributed by atoms with Gasteiger partial charge in [-0.3, -0.25) is 0 Å². The Morgan fingerprint density at radius 2 is 1.94 bits per heavy atom. The fraction of sp³-hybridized carbons (Fsp3) is 0.214. The average molecular weight is 244 g/mol. The smallest absolute Gasteiger partial charge is 0.393 e. The van der Waals surface area contributed by atoms with E-state index in [9.17, 15) is 4.79 Å². The van der Waals surface area contributed by atoms with E-state index in [-0.39, 0.29) is 6.09 Å². The summed E-state index contributed by atoms with van der Waals surface area (Å²) in [6.07, 6.45) is 1.47. The van der Waals surface area contributed by atoms with Gasteiger partial charge in [-0.2, -0.15) is 0 Å². The van der Waals surface area contributed by atoms with E-state index in [1.807, 2.05) is 49.6 Å². The summed E-state index contributed by atoms with van der Waals surface area (Å²) in [6.45, 7) is 0.532. The second-order valence-electron chi connectivity index (χ2n) is 4.17. The number of carbonyl (C=O) groups is 1. The number of aromatic nitrogens is 1.